The van der Waals surface area contributed by atoms with Crippen LogP contribution in [0.2, 0.25) is 0 Å². The molecule has 0 heterocycles. The van der Waals surface area contributed by atoms with E-state index in [2.05, 4.69) is 6.58 Å². The van der Waals surface area contributed by atoms with E-state index in [4.69, 9.17) is 9.47 Å². The molecular weight excluding hydrogens is 204 g/mol. The molecule has 1 aromatic rings. The van der Waals surface area contributed by atoms with Crippen LogP contribution in [0.4, 0.5) is 0 Å². The maximum absolute atomic E-state index is 11.5. The number of rotatable bonds is 4. The quantitative estimate of drug-likeness (QED) is 0.732. The van der Waals surface area contributed by atoms with Gasteiger partial charge in [-0.15, -0.1) is 0 Å². The number of carbonyl (C=O) groups excluding carboxylic acids is 1. The third kappa shape index (κ3) is 2.86. The minimum atomic E-state index is -0.403. The van der Waals surface area contributed by atoms with Crippen molar-refractivity contribution < 1.29 is 14.3 Å². The van der Waals surface area contributed by atoms with Crippen molar-refractivity contribution >= 4 is 12.0 Å². The molecule has 3 heteroatoms. The third-order valence-corrected chi connectivity index (χ3v) is 2.01. The van der Waals surface area contributed by atoms with E-state index in [0.29, 0.717) is 11.3 Å². The second-order valence-electron chi connectivity index (χ2n) is 3.62. The summed E-state index contributed by atoms with van der Waals surface area (Å²) in [4.78, 5) is 11.5. The highest BCUT2D eigenvalue weighted by molar-refractivity contribution is 5.93. The van der Waals surface area contributed by atoms with E-state index < -0.39 is 5.97 Å². The van der Waals surface area contributed by atoms with E-state index in [1.165, 1.54) is 7.11 Å². The van der Waals surface area contributed by atoms with Gasteiger partial charge < -0.3 is 9.47 Å². The summed E-state index contributed by atoms with van der Waals surface area (Å²) in [6.45, 7) is 7.47. The molecule has 0 aromatic heterocycles. The number of benzene rings is 1. The smallest absolute Gasteiger partial charge is 0.341 e. The molecule has 0 aliphatic carbocycles. The zero-order chi connectivity index (χ0) is 12.1. The molecule has 0 saturated heterocycles. The Morgan fingerprint density at radius 1 is 1.44 bits per heavy atom. The van der Waals surface area contributed by atoms with Gasteiger partial charge in [0.25, 0.3) is 0 Å². The summed E-state index contributed by atoms with van der Waals surface area (Å²) in [5.41, 5.74) is 1.28. The fourth-order valence-electron chi connectivity index (χ4n) is 1.30. The minimum Gasteiger partial charge on any atom is -0.490 e. The molecule has 16 heavy (non-hydrogen) atoms. The molecule has 0 radical (unpaired) electrons. The number of carbonyl (C=O) groups is 1. The second kappa shape index (κ2) is 5.35. The van der Waals surface area contributed by atoms with E-state index >= 15 is 0 Å². The third-order valence-electron chi connectivity index (χ3n) is 2.01. The predicted octanol–water partition coefficient (Wildman–Crippen LogP) is 2.90. The molecule has 3 nitrogen and oxygen atoms in total. The molecule has 0 bridgehead atoms. The zero-order valence-electron chi connectivity index (χ0n) is 9.82. The van der Waals surface area contributed by atoms with Crippen molar-refractivity contribution in [3.05, 3.63) is 35.9 Å². The number of hydrogen-bond acceptors (Lipinski definition) is 3. The fraction of sp³-hybridized carbons (Fsp3) is 0.308. The van der Waals surface area contributed by atoms with Crippen molar-refractivity contribution in [3.8, 4) is 5.75 Å². The summed E-state index contributed by atoms with van der Waals surface area (Å²) in [5, 5.41) is 0. The van der Waals surface area contributed by atoms with Gasteiger partial charge in [-0.1, -0.05) is 18.7 Å². The number of hydrogen-bond donors (Lipinski definition) is 0. The molecule has 1 rings (SSSR count). The summed E-state index contributed by atoms with van der Waals surface area (Å²) in [6, 6.07) is 5.30. The van der Waals surface area contributed by atoms with Crippen LogP contribution >= 0.6 is 0 Å². The van der Waals surface area contributed by atoms with Gasteiger partial charge >= 0.3 is 5.97 Å². The van der Waals surface area contributed by atoms with E-state index in [-0.39, 0.29) is 6.10 Å². The Labute approximate surface area is 95.7 Å². The standard InChI is InChI=1S/C13H16O3/c1-5-10-6-7-12(16-9(2)3)11(8-10)13(14)15-4/h5-9H,1H2,2-4H3. The summed E-state index contributed by atoms with van der Waals surface area (Å²) in [6.07, 6.45) is 1.68. The summed E-state index contributed by atoms with van der Waals surface area (Å²) in [7, 11) is 1.35. The number of ether oxygens (including phenoxy) is 2. The van der Waals surface area contributed by atoms with Gasteiger partial charge in [-0.3, -0.25) is 0 Å². The van der Waals surface area contributed by atoms with E-state index in [9.17, 15) is 4.79 Å². The first kappa shape index (κ1) is 12.3. The van der Waals surface area contributed by atoms with Gasteiger partial charge in [0.05, 0.1) is 13.2 Å². The van der Waals surface area contributed by atoms with Crippen LogP contribution in [0.15, 0.2) is 24.8 Å². The normalized spacial score (nSPS) is 10.0. The highest BCUT2D eigenvalue weighted by Crippen LogP contribution is 2.22. The van der Waals surface area contributed by atoms with Gasteiger partial charge in [0.15, 0.2) is 0 Å². The zero-order valence-corrected chi connectivity index (χ0v) is 9.82. The monoisotopic (exact) mass is 220 g/mol. The average Bonchev–Trinajstić information content (AvgIpc) is 2.28. The molecule has 0 atom stereocenters. The molecule has 0 N–H and O–H groups in total. The fourth-order valence-corrected chi connectivity index (χ4v) is 1.30. The van der Waals surface area contributed by atoms with E-state index in [1.807, 2.05) is 19.9 Å². The lowest BCUT2D eigenvalue weighted by Gasteiger charge is -2.13. The van der Waals surface area contributed by atoms with Crippen LogP contribution in [-0.4, -0.2) is 19.2 Å². The Kier molecular flexibility index (Phi) is 4.11. The van der Waals surface area contributed by atoms with Crippen LogP contribution in [0.3, 0.4) is 0 Å². The van der Waals surface area contributed by atoms with Crippen molar-refractivity contribution in [1.29, 1.82) is 0 Å². The highest BCUT2D eigenvalue weighted by atomic mass is 16.5. The molecule has 0 aliphatic rings. The first-order valence-corrected chi connectivity index (χ1v) is 5.10. The van der Waals surface area contributed by atoms with Gasteiger partial charge in [0.1, 0.15) is 11.3 Å². The molecular formula is C13H16O3. The first-order chi connectivity index (χ1) is 7.58. The van der Waals surface area contributed by atoms with Crippen LogP contribution < -0.4 is 4.74 Å². The van der Waals surface area contributed by atoms with Crippen LogP contribution in [0.5, 0.6) is 5.75 Å². The van der Waals surface area contributed by atoms with Gasteiger partial charge in [-0.05, 0) is 31.5 Å². The minimum absolute atomic E-state index is 0.0120. The highest BCUT2D eigenvalue weighted by Gasteiger charge is 2.14. The summed E-state index contributed by atoms with van der Waals surface area (Å²) >= 11 is 0. The van der Waals surface area contributed by atoms with E-state index in [0.717, 1.165) is 5.56 Å². The maximum Gasteiger partial charge on any atom is 0.341 e. The molecule has 0 amide bonds. The van der Waals surface area contributed by atoms with Gasteiger partial charge in [0.2, 0.25) is 0 Å². The Morgan fingerprint density at radius 2 is 2.12 bits per heavy atom. The Hall–Kier alpha value is -1.77. The lowest BCUT2D eigenvalue weighted by Crippen LogP contribution is -2.11. The lowest BCUT2D eigenvalue weighted by atomic mass is 10.1. The van der Waals surface area contributed by atoms with Crippen molar-refractivity contribution in [2.75, 3.05) is 7.11 Å². The van der Waals surface area contributed by atoms with Crippen LogP contribution in [0.25, 0.3) is 6.08 Å². The van der Waals surface area contributed by atoms with E-state index in [1.54, 1.807) is 18.2 Å². The number of methoxy groups -OCH3 is 1. The Bertz CT molecular complexity index is 394. The lowest BCUT2D eigenvalue weighted by molar-refractivity contribution is 0.0594. The van der Waals surface area contributed by atoms with Gasteiger partial charge in [-0.25, -0.2) is 4.79 Å². The summed E-state index contributed by atoms with van der Waals surface area (Å²) < 4.78 is 10.2. The molecule has 0 fully saturated rings. The Balaban J connectivity index is 3.15. The van der Waals surface area contributed by atoms with Crippen molar-refractivity contribution in [2.45, 2.75) is 20.0 Å². The maximum atomic E-state index is 11.5. The van der Waals surface area contributed by atoms with Crippen LogP contribution in [0, 0.1) is 0 Å². The predicted molar refractivity (Wildman–Crippen MR) is 63.6 cm³/mol. The van der Waals surface area contributed by atoms with Crippen LogP contribution in [-0.2, 0) is 4.74 Å². The van der Waals surface area contributed by atoms with Crippen molar-refractivity contribution in [3.63, 3.8) is 0 Å². The van der Waals surface area contributed by atoms with Gasteiger partial charge in [0, 0.05) is 0 Å². The van der Waals surface area contributed by atoms with Crippen molar-refractivity contribution in [2.24, 2.45) is 0 Å². The second-order valence-corrected chi connectivity index (χ2v) is 3.62. The number of esters is 1. The van der Waals surface area contributed by atoms with Gasteiger partial charge in [-0.2, -0.15) is 0 Å². The molecule has 1 aromatic carbocycles. The topological polar surface area (TPSA) is 35.5 Å². The Morgan fingerprint density at radius 3 is 2.62 bits per heavy atom. The molecule has 0 spiro atoms. The SMILES string of the molecule is C=Cc1ccc(OC(C)C)c(C(=O)OC)c1. The largest absolute Gasteiger partial charge is 0.490 e. The van der Waals surface area contributed by atoms with Crippen LogP contribution in [0.1, 0.15) is 29.8 Å². The summed E-state index contributed by atoms with van der Waals surface area (Å²) in [5.74, 6) is 0.131. The molecule has 86 valence electrons. The average molecular weight is 220 g/mol. The molecule has 0 aliphatic heterocycles. The molecule has 0 saturated carbocycles. The van der Waals surface area contributed by atoms with Crippen molar-refractivity contribution in [1.82, 2.24) is 0 Å². The first-order valence-electron chi connectivity index (χ1n) is 5.10. The molecule has 0 unspecified atom stereocenters.